The van der Waals surface area contributed by atoms with E-state index in [-0.39, 0.29) is 23.6 Å². The monoisotopic (exact) mass is 295 g/mol. The van der Waals surface area contributed by atoms with Crippen molar-refractivity contribution < 1.29 is 19.6 Å². The van der Waals surface area contributed by atoms with Gasteiger partial charge in [-0.1, -0.05) is 0 Å². The molecular formula is C11H13N5O5. The number of aromatic nitrogens is 1. The highest BCUT2D eigenvalue weighted by Crippen LogP contribution is 2.24. The highest BCUT2D eigenvalue weighted by molar-refractivity contribution is 5.99. The van der Waals surface area contributed by atoms with Crippen LogP contribution in [0.25, 0.3) is 0 Å². The van der Waals surface area contributed by atoms with Gasteiger partial charge in [0.2, 0.25) is 0 Å². The fourth-order valence-corrected chi connectivity index (χ4v) is 2.14. The van der Waals surface area contributed by atoms with Crippen LogP contribution in [-0.4, -0.2) is 52.6 Å². The van der Waals surface area contributed by atoms with E-state index in [9.17, 15) is 24.8 Å². The van der Waals surface area contributed by atoms with Crippen LogP contribution in [0.3, 0.4) is 0 Å². The minimum Gasteiger partial charge on any atom is -0.480 e. The fraction of sp³-hybridized carbons (Fsp3) is 0.364. The zero-order valence-electron chi connectivity index (χ0n) is 10.9. The van der Waals surface area contributed by atoms with Gasteiger partial charge in [0.25, 0.3) is 11.6 Å². The van der Waals surface area contributed by atoms with Crippen molar-refractivity contribution >= 4 is 23.4 Å². The summed E-state index contributed by atoms with van der Waals surface area (Å²) in [5, 5.41) is 22.9. The van der Waals surface area contributed by atoms with Crippen molar-refractivity contribution in [1.29, 1.82) is 0 Å². The van der Waals surface area contributed by atoms with Crippen LogP contribution in [0.2, 0.25) is 0 Å². The molecule has 1 atom stereocenters. The number of carbonyl (C=O) groups excluding carboxylic acids is 1. The number of rotatable bonds is 4. The zero-order valence-corrected chi connectivity index (χ0v) is 10.9. The molecule has 0 aromatic carbocycles. The molecule has 10 nitrogen and oxygen atoms in total. The molecule has 1 aliphatic heterocycles. The Bertz CT molecular complexity index is 605. The second kappa shape index (κ2) is 5.71. The van der Waals surface area contributed by atoms with Gasteiger partial charge in [0.05, 0.1) is 10.5 Å². The zero-order chi connectivity index (χ0) is 15.6. The number of carboxylic acids is 1. The summed E-state index contributed by atoms with van der Waals surface area (Å²) in [7, 11) is 0. The maximum absolute atomic E-state index is 11.5. The van der Waals surface area contributed by atoms with Crippen LogP contribution >= 0.6 is 0 Å². The van der Waals surface area contributed by atoms with Crippen LogP contribution in [0, 0.1) is 10.1 Å². The van der Waals surface area contributed by atoms with Crippen molar-refractivity contribution in [3.8, 4) is 0 Å². The summed E-state index contributed by atoms with van der Waals surface area (Å²) in [6, 6.07) is 0.0804. The molecule has 0 saturated carbocycles. The van der Waals surface area contributed by atoms with Gasteiger partial charge in [-0.25, -0.2) is 9.78 Å². The predicted octanol–water partition coefficient (Wildman–Crippen LogP) is -1.05. The van der Waals surface area contributed by atoms with E-state index in [0.717, 1.165) is 12.3 Å². The summed E-state index contributed by atoms with van der Waals surface area (Å²) >= 11 is 0. The molecule has 2 heterocycles. The third-order valence-electron chi connectivity index (χ3n) is 3.13. The molecule has 0 radical (unpaired) electrons. The molecule has 1 amide bonds. The molecule has 2 rings (SSSR count). The molecular weight excluding hydrogens is 282 g/mol. The smallest absolute Gasteiger partial charge is 0.327 e. The highest BCUT2D eigenvalue weighted by atomic mass is 16.6. The normalized spacial score (nSPS) is 18.3. The molecule has 1 saturated heterocycles. The number of piperazine rings is 1. The summed E-state index contributed by atoms with van der Waals surface area (Å²) in [6.45, 7) is 0.967. The van der Waals surface area contributed by atoms with E-state index >= 15 is 0 Å². The molecule has 0 spiro atoms. The Morgan fingerprint density at radius 2 is 2.29 bits per heavy atom. The minimum atomic E-state index is -1.09. The number of amides is 1. The lowest BCUT2D eigenvalue weighted by molar-refractivity contribution is -0.385. The number of nitrogens with zero attached hydrogens (tertiary/aromatic N) is 3. The van der Waals surface area contributed by atoms with Crippen LogP contribution in [0.1, 0.15) is 10.4 Å². The molecule has 1 aromatic rings. The van der Waals surface area contributed by atoms with E-state index < -0.39 is 22.8 Å². The minimum absolute atomic E-state index is 0.0435. The number of anilines is 1. The van der Waals surface area contributed by atoms with Gasteiger partial charge in [0.15, 0.2) is 0 Å². The van der Waals surface area contributed by atoms with Crippen molar-refractivity contribution in [3.05, 3.63) is 27.9 Å². The third-order valence-corrected chi connectivity index (χ3v) is 3.13. The summed E-state index contributed by atoms with van der Waals surface area (Å²) < 4.78 is 0. The molecule has 1 aromatic heterocycles. The first-order chi connectivity index (χ1) is 9.91. The predicted molar refractivity (Wildman–Crippen MR) is 71.0 cm³/mol. The Balaban J connectivity index is 2.48. The molecule has 0 bridgehead atoms. The number of hydrogen-bond donors (Lipinski definition) is 3. The molecule has 0 aliphatic carbocycles. The molecule has 1 fully saturated rings. The molecule has 1 unspecified atom stereocenters. The van der Waals surface area contributed by atoms with Gasteiger partial charge in [-0.05, 0) is 0 Å². The Morgan fingerprint density at radius 1 is 1.57 bits per heavy atom. The second-order valence-corrected chi connectivity index (χ2v) is 4.44. The van der Waals surface area contributed by atoms with Crippen molar-refractivity contribution in [3.63, 3.8) is 0 Å². The molecule has 4 N–H and O–H groups in total. The number of nitrogens with two attached hydrogens (primary N) is 1. The van der Waals surface area contributed by atoms with Gasteiger partial charge >= 0.3 is 5.97 Å². The van der Waals surface area contributed by atoms with Gasteiger partial charge < -0.3 is 21.1 Å². The number of pyridine rings is 1. The standard InChI is InChI=1S/C11H13N5O5/c12-9(17)7-3-6(16(20)21)4-14-10(7)15-2-1-13-5-8(15)11(18)19/h3-4,8,13H,1-2,5H2,(H2,12,17)(H,18,19). The molecule has 112 valence electrons. The maximum atomic E-state index is 11.5. The van der Waals surface area contributed by atoms with Crippen molar-refractivity contribution in [2.24, 2.45) is 5.73 Å². The van der Waals surface area contributed by atoms with Crippen LogP contribution in [-0.2, 0) is 4.79 Å². The molecule has 1 aliphatic rings. The first-order valence-corrected chi connectivity index (χ1v) is 6.06. The maximum Gasteiger partial charge on any atom is 0.327 e. The number of aliphatic carboxylic acids is 1. The van der Waals surface area contributed by atoms with Gasteiger partial charge in [-0.15, -0.1) is 0 Å². The quantitative estimate of drug-likeness (QED) is 0.470. The number of carbonyl (C=O) groups is 2. The van der Waals surface area contributed by atoms with Gasteiger partial charge in [0, 0.05) is 25.7 Å². The lowest BCUT2D eigenvalue weighted by atomic mass is 10.1. The van der Waals surface area contributed by atoms with E-state index in [4.69, 9.17) is 5.73 Å². The average Bonchev–Trinajstić information content (AvgIpc) is 2.46. The molecule has 21 heavy (non-hydrogen) atoms. The van der Waals surface area contributed by atoms with Gasteiger partial charge in [-0.2, -0.15) is 0 Å². The van der Waals surface area contributed by atoms with Crippen LogP contribution in [0.4, 0.5) is 11.5 Å². The SMILES string of the molecule is NC(=O)c1cc([N+](=O)[O-])cnc1N1CCNCC1C(=O)O. The summed E-state index contributed by atoms with van der Waals surface area (Å²) in [4.78, 5) is 38.1. The third kappa shape index (κ3) is 2.89. The van der Waals surface area contributed by atoms with Crippen molar-refractivity contribution in [2.45, 2.75) is 6.04 Å². The Hall–Kier alpha value is -2.75. The largest absolute Gasteiger partial charge is 0.480 e. The van der Waals surface area contributed by atoms with Crippen LogP contribution < -0.4 is 16.0 Å². The number of primary amides is 1. The van der Waals surface area contributed by atoms with Crippen LogP contribution in [0.15, 0.2) is 12.3 Å². The van der Waals surface area contributed by atoms with E-state index in [1.165, 1.54) is 4.90 Å². The number of hydrogen-bond acceptors (Lipinski definition) is 7. The Labute approximate surface area is 118 Å². The van der Waals surface area contributed by atoms with Gasteiger partial charge in [-0.3, -0.25) is 14.9 Å². The highest BCUT2D eigenvalue weighted by Gasteiger charge is 2.32. The summed E-state index contributed by atoms with van der Waals surface area (Å²) in [5.41, 5.74) is 4.67. The number of carboxylic acid groups (broad SMARTS) is 1. The Kier molecular flexibility index (Phi) is 3.98. The first kappa shape index (κ1) is 14.7. The van der Waals surface area contributed by atoms with Crippen molar-refractivity contribution in [2.75, 3.05) is 24.5 Å². The second-order valence-electron chi connectivity index (χ2n) is 4.44. The fourth-order valence-electron chi connectivity index (χ4n) is 2.14. The van der Waals surface area contributed by atoms with E-state index in [2.05, 4.69) is 10.3 Å². The topological polar surface area (TPSA) is 152 Å². The van der Waals surface area contributed by atoms with Crippen molar-refractivity contribution in [1.82, 2.24) is 10.3 Å². The van der Waals surface area contributed by atoms with Gasteiger partial charge in [0.1, 0.15) is 18.1 Å². The van der Waals surface area contributed by atoms with E-state index in [1.54, 1.807) is 0 Å². The number of nitro groups is 1. The Morgan fingerprint density at radius 3 is 2.86 bits per heavy atom. The number of nitrogens with one attached hydrogen (secondary N) is 1. The lowest BCUT2D eigenvalue weighted by Crippen LogP contribution is -2.55. The van der Waals surface area contributed by atoms with E-state index in [0.29, 0.717) is 13.1 Å². The summed E-state index contributed by atoms with van der Waals surface area (Å²) in [6.07, 6.45) is 0.975. The lowest BCUT2D eigenvalue weighted by Gasteiger charge is -2.35. The van der Waals surface area contributed by atoms with Crippen LogP contribution in [0.5, 0.6) is 0 Å². The average molecular weight is 295 g/mol. The molecule has 10 heteroatoms. The summed E-state index contributed by atoms with van der Waals surface area (Å²) in [5.74, 6) is -1.94. The van der Waals surface area contributed by atoms with E-state index in [1.807, 2.05) is 0 Å². The first-order valence-electron chi connectivity index (χ1n) is 6.06.